The number of rotatable bonds is 7. The highest BCUT2D eigenvalue weighted by Crippen LogP contribution is 2.42. The van der Waals surface area contributed by atoms with Crippen molar-refractivity contribution < 1.29 is 17.9 Å². The summed E-state index contributed by atoms with van der Waals surface area (Å²) in [4.78, 5) is 17.3. The van der Waals surface area contributed by atoms with Gasteiger partial charge in [-0.05, 0) is 49.1 Å². The minimum absolute atomic E-state index is 0.00397. The summed E-state index contributed by atoms with van der Waals surface area (Å²) in [5.41, 5.74) is 6.98. The number of benzene rings is 1. The number of likely N-dealkylation sites (N-methyl/N-ethyl adjacent to an activating group) is 1. The standard InChI is InChI=1S/C23H24Cl2N4O4S2/c1-28(35(31,32)18-12-16(24)6-7-17(18)25)14-21(30)33-19-4-2-3-9-23(19,22(26)34)15-5-8-20-27-10-11-29(20)13-15/h5-8,10-13,19H,2-4,9,14H2,1H3,(H2,26,34). The van der Waals surface area contributed by atoms with E-state index in [2.05, 4.69) is 4.98 Å². The van der Waals surface area contributed by atoms with Crippen molar-refractivity contribution in [2.24, 2.45) is 5.73 Å². The average molecular weight is 556 g/mol. The van der Waals surface area contributed by atoms with E-state index in [-0.39, 0.29) is 19.9 Å². The lowest BCUT2D eigenvalue weighted by atomic mass is 9.67. The van der Waals surface area contributed by atoms with E-state index in [1.54, 1.807) is 6.20 Å². The molecule has 2 atom stereocenters. The second-order valence-electron chi connectivity index (χ2n) is 8.51. The molecule has 1 aliphatic rings. The molecule has 1 fully saturated rings. The van der Waals surface area contributed by atoms with Crippen LogP contribution in [0.25, 0.3) is 5.65 Å². The maximum absolute atomic E-state index is 13.0. The Morgan fingerprint density at radius 3 is 2.83 bits per heavy atom. The van der Waals surface area contributed by atoms with Crippen LogP contribution < -0.4 is 5.73 Å². The largest absolute Gasteiger partial charge is 0.460 e. The number of sulfonamides is 1. The summed E-state index contributed by atoms with van der Waals surface area (Å²) in [5.74, 6) is -0.717. The summed E-state index contributed by atoms with van der Waals surface area (Å²) in [5, 5.41) is 0.214. The van der Waals surface area contributed by atoms with Gasteiger partial charge in [0.15, 0.2) is 0 Å². The highest BCUT2D eigenvalue weighted by atomic mass is 35.5. The van der Waals surface area contributed by atoms with Crippen molar-refractivity contribution in [3.05, 3.63) is 64.5 Å². The van der Waals surface area contributed by atoms with E-state index in [1.165, 1.54) is 25.2 Å². The van der Waals surface area contributed by atoms with E-state index in [1.807, 2.05) is 28.9 Å². The van der Waals surface area contributed by atoms with Gasteiger partial charge in [0.25, 0.3) is 0 Å². The van der Waals surface area contributed by atoms with Crippen LogP contribution >= 0.6 is 35.4 Å². The van der Waals surface area contributed by atoms with Gasteiger partial charge in [-0.1, -0.05) is 47.9 Å². The zero-order valence-electron chi connectivity index (χ0n) is 18.9. The second kappa shape index (κ2) is 10.0. The zero-order valence-corrected chi connectivity index (χ0v) is 22.0. The number of thiocarbonyl (C=S) groups is 1. The van der Waals surface area contributed by atoms with Gasteiger partial charge in [0, 0.05) is 30.7 Å². The smallest absolute Gasteiger partial charge is 0.321 e. The molecular weight excluding hydrogens is 531 g/mol. The number of nitrogens with zero attached hydrogens (tertiary/aromatic N) is 3. The molecule has 2 aromatic heterocycles. The van der Waals surface area contributed by atoms with Gasteiger partial charge in [-0.3, -0.25) is 4.79 Å². The van der Waals surface area contributed by atoms with Crippen molar-refractivity contribution in [2.75, 3.05) is 13.6 Å². The van der Waals surface area contributed by atoms with Crippen LogP contribution in [-0.2, 0) is 25.0 Å². The van der Waals surface area contributed by atoms with Crippen LogP contribution in [0.15, 0.2) is 53.8 Å². The van der Waals surface area contributed by atoms with Crippen LogP contribution in [0, 0.1) is 0 Å². The lowest BCUT2D eigenvalue weighted by Crippen LogP contribution is -2.53. The molecule has 1 aliphatic carbocycles. The van der Waals surface area contributed by atoms with Crippen molar-refractivity contribution in [1.82, 2.24) is 13.7 Å². The highest BCUT2D eigenvalue weighted by Gasteiger charge is 2.47. The Bertz CT molecular complexity index is 1400. The number of hydrogen-bond donors (Lipinski definition) is 1. The molecular formula is C23H24Cl2N4O4S2. The summed E-state index contributed by atoms with van der Waals surface area (Å²) in [6.45, 7) is -0.518. The van der Waals surface area contributed by atoms with E-state index < -0.39 is 34.1 Å². The predicted molar refractivity (Wildman–Crippen MR) is 138 cm³/mol. The molecule has 1 aromatic carbocycles. The van der Waals surface area contributed by atoms with Crippen molar-refractivity contribution in [2.45, 2.75) is 42.1 Å². The molecule has 2 heterocycles. The maximum atomic E-state index is 13.0. The number of halogens is 2. The molecule has 0 radical (unpaired) electrons. The van der Waals surface area contributed by atoms with Gasteiger partial charge in [-0.15, -0.1) is 0 Å². The first-order chi connectivity index (χ1) is 16.6. The lowest BCUT2D eigenvalue weighted by Gasteiger charge is -2.43. The van der Waals surface area contributed by atoms with Gasteiger partial charge in [-0.2, -0.15) is 4.31 Å². The average Bonchev–Trinajstić information content (AvgIpc) is 3.28. The lowest BCUT2D eigenvalue weighted by molar-refractivity contribution is -0.153. The molecule has 35 heavy (non-hydrogen) atoms. The van der Waals surface area contributed by atoms with Crippen LogP contribution in [0.1, 0.15) is 31.2 Å². The number of carbonyl (C=O) groups excluding carboxylic acids is 1. The Hall–Kier alpha value is -2.24. The Morgan fingerprint density at radius 1 is 1.31 bits per heavy atom. The molecule has 0 aliphatic heterocycles. The first kappa shape index (κ1) is 25.8. The van der Waals surface area contributed by atoms with Crippen LogP contribution in [0.3, 0.4) is 0 Å². The topological polar surface area (TPSA) is 107 Å². The summed E-state index contributed by atoms with van der Waals surface area (Å²) in [6.07, 6.45) is 7.58. The van der Waals surface area contributed by atoms with Crippen molar-refractivity contribution in [1.29, 1.82) is 0 Å². The Kier molecular flexibility index (Phi) is 7.40. The minimum Gasteiger partial charge on any atom is -0.460 e. The number of fused-ring (bicyclic) bond motifs is 1. The third-order valence-electron chi connectivity index (χ3n) is 6.39. The fourth-order valence-corrected chi connectivity index (χ4v) is 6.74. The Labute approximate surface area is 219 Å². The Morgan fingerprint density at radius 2 is 2.09 bits per heavy atom. The van der Waals surface area contributed by atoms with Crippen LogP contribution in [0.4, 0.5) is 0 Å². The molecule has 8 nitrogen and oxygen atoms in total. The molecule has 0 bridgehead atoms. The number of esters is 1. The molecule has 2 unspecified atom stereocenters. The molecule has 0 amide bonds. The summed E-state index contributed by atoms with van der Waals surface area (Å²) < 4.78 is 34.6. The van der Waals surface area contributed by atoms with E-state index in [0.29, 0.717) is 12.8 Å². The molecule has 1 saturated carbocycles. The van der Waals surface area contributed by atoms with Crippen LogP contribution in [0.2, 0.25) is 10.0 Å². The van der Waals surface area contributed by atoms with Gasteiger partial charge >= 0.3 is 5.97 Å². The van der Waals surface area contributed by atoms with Crippen LogP contribution in [-0.4, -0.2) is 52.8 Å². The minimum atomic E-state index is -4.09. The molecule has 3 aromatic rings. The number of carbonyl (C=O) groups is 1. The van der Waals surface area contributed by atoms with E-state index in [4.69, 9.17) is 45.9 Å². The normalized spacial score (nSPS) is 20.7. The predicted octanol–water partition coefficient (Wildman–Crippen LogP) is 3.97. The van der Waals surface area contributed by atoms with Crippen LogP contribution in [0.5, 0.6) is 0 Å². The number of aromatic nitrogens is 2. The van der Waals surface area contributed by atoms with E-state index >= 15 is 0 Å². The fourth-order valence-electron chi connectivity index (χ4n) is 4.54. The van der Waals surface area contributed by atoms with Crippen molar-refractivity contribution >= 4 is 62.0 Å². The molecule has 0 spiro atoms. The Balaban J connectivity index is 1.59. The number of hydrogen-bond acceptors (Lipinski definition) is 6. The van der Waals surface area contributed by atoms with Crippen molar-refractivity contribution in [3.63, 3.8) is 0 Å². The number of imidazole rings is 1. The quantitative estimate of drug-likeness (QED) is 0.347. The second-order valence-corrected chi connectivity index (χ2v) is 11.8. The summed E-state index contributed by atoms with van der Waals surface area (Å²) in [7, 11) is -2.81. The number of nitrogens with two attached hydrogens (primary N) is 1. The molecule has 0 saturated heterocycles. The van der Waals surface area contributed by atoms with E-state index in [9.17, 15) is 13.2 Å². The number of ether oxygens (including phenoxy) is 1. The van der Waals surface area contributed by atoms with Crippen molar-refractivity contribution in [3.8, 4) is 0 Å². The highest BCUT2D eigenvalue weighted by molar-refractivity contribution is 7.89. The summed E-state index contributed by atoms with van der Waals surface area (Å²) >= 11 is 17.5. The van der Waals surface area contributed by atoms with E-state index in [0.717, 1.165) is 28.4 Å². The first-order valence-corrected chi connectivity index (χ1v) is 13.5. The first-order valence-electron chi connectivity index (χ1n) is 10.9. The van der Waals surface area contributed by atoms with Gasteiger partial charge in [-0.25, -0.2) is 13.4 Å². The maximum Gasteiger partial charge on any atom is 0.321 e. The monoisotopic (exact) mass is 554 g/mol. The SMILES string of the molecule is CN(CC(=O)OC1CCCCC1(C(N)=S)c1ccc2nccn2c1)S(=O)(=O)c1cc(Cl)ccc1Cl. The molecule has 12 heteroatoms. The van der Waals surface area contributed by atoms with Gasteiger partial charge in [0.1, 0.15) is 23.2 Å². The molecule has 186 valence electrons. The van der Waals surface area contributed by atoms with Gasteiger partial charge in [0.2, 0.25) is 10.0 Å². The molecule has 4 rings (SSSR count). The third-order valence-corrected chi connectivity index (χ3v) is 9.27. The molecule has 2 N–H and O–H groups in total. The fraction of sp³-hybridized carbons (Fsp3) is 0.348. The summed E-state index contributed by atoms with van der Waals surface area (Å²) in [6, 6.07) is 7.87. The zero-order chi connectivity index (χ0) is 25.4. The van der Waals surface area contributed by atoms with Gasteiger partial charge < -0.3 is 14.9 Å². The third kappa shape index (κ3) is 4.90. The number of pyridine rings is 1. The van der Waals surface area contributed by atoms with Gasteiger partial charge in [0.05, 0.1) is 15.4 Å².